The molecule has 0 fully saturated rings. The summed E-state index contributed by atoms with van der Waals surface area (Å²) in [5.74, 6) is -1.74. The lowest BCUT2D eigenvalue weighted by Crippen LogP contribution is -2.30. The number of hydrogen-bond donors (Lipinski definition) is 2. The largest absolute Gasteiger partial charge is 0.369 e. The molecule has 2 aromatic rings. The van der Waals surface area contributed by atoms with E-state index in [1.54, 1.807) is 6.92 Å². The Labute approximate surface area is 152 Å². The molecule has 2 rings (SSSR count). The van der Waals surface area contributed by atoms with Crippen LogP contribution in [0.4, 0.5) is 10.1 Å². The fraction of sp³-hybridized carbons (Fsp3) is 0.176. The van der Waals surface area contributed by atoms with E-state index in [0.717, 1.165) is 16.3 Å². The number of aryl methyl sites for hydroxylation is 1. The van der Waals surface area contributed by atoms with Crippen LogP contribution in [0.15, 0.2) is 40.2 Å². The SMILES string of the molecule is Cc1cc(=O)n(CC(=O)Nc2ccc(F)cc2)c(SCC(N)=O)c1C#N. The molecule has 0 aliphatic carbocycles. The number of thioether (sulfide) groups is 1. The van der Waals surface area contributed by atoms with E-state index in [1.807, 2.05) is 6.07 Å². The van der Waals surface area contributed by atoms with Crippen LogP contribution >= 0.6 is 11.8 Å². The molecule has 1 aromatic heterocycles. The van der Waals surface area contributed by atoms with Crippen molar-refractivity contribution in [1.82, 2.24) is 4.57 Å². The number of nitrogens with one attached hydrogen (secondary N) is 1. The van der Waals surface area contributed by atoms with Crippen molar-refractivity contribution in [1.29, 1.82) is 5.26 Å². The van der Waals surface area contributed by atoms with E-state index in [-0.39, 0.29) is 22.9 Å². The molecule has 0 bridgehead atoms. The van der Waals surface area contributed by atoms with Gasteiger partial charge in [-0.2, -0.15) is 5.26 Å². The molecule has 0 saturated carbocycles. The highest BCUT2D eigenvalue weighted by molar-refractivity contribution is 8.00. The number of amides is 2. The minimum Gasteiger partial charge on any atom is -0.369 e. The number of nitriles is 1. The van der Waals surface area contributed by atoms with Crippen molar-refractivity contribution in [2.45, 2.75) is 18.5 Å². The van der Waals surface area contributed by atoms with Crippen molar-refractivity contribution in [3.63, 3.8) is 0 Å². The Morgan fingerprint density at radius 2 is 2.00 bits per heavy atom. The third kappa shape index (κ3) is 4.70. The van der Waals surface area contributed by atoms with Gasteiger partial charge in [0.05, 0.1) is 16.3 Å². The van der Waals surface area contributed by atoms with Gasteiger partial charge in [-0.05, 0) is 36.8 Å². The molecule has 3 N–H and O–H groups in total. The highest BCUT2D eigenvalue weighted by atomic mass is 32.2. The maximum atomic E-state index is 12.9. The second-order valence-corrected chi connectivity index (χ2v) is 6.32. The number of hydrogen-bond acceptors (Lipinski definition) is 5. The predicted molar refractivity (Wildman–Crippen MR) is 95.1 cm³/mol. The molecule has 0 spiro atoms. The van der Waals surface area contributed by atoms with E-state index >= 15 is 0 Å². The minimum absolute atomic E-state index is 0.142. The van der Waals surface area contributed by atoms with Crippen LogP contribution in [0.3, 0.4) is 0 Å². The van der Waals surface area contributed by atoms with Gasteiger partial charge in [0.2, 0.25) is 11.8 Å². The Morgan fingerprint density at radius 3 is 2.58 bits per heavy atom. The fourth-order valence-corrected chi connectivity index (χ4v) is 3.13. The van der Waals surface area contributed by atoms with E-state index in [1.165, 1.54) is 30.3 Å². The van der Waals surface area contributed by atoms with Crippen LogP contribution in [0.1, 0.15) is 11.1 Å². The minimum atomic E-state index is -0.616. The Bertz CT molecular complexity index is 948. The van der Waals surface area contributed by atoms with Crippen LogP contribution in [0.5, 0.6) is 0 Å². The Kier molecular flexibility index (Phi) is 6.14. The standard InChI is InChI=1S/C17H15FN4O3S/c1-10-6-16(25)22(17(13(10)7-19)26-9-14(20)23)8-15(24)21-12-4-2-11(18)3-5-12/h2-6H,8-9H2,1H3,(H2,20,23)(H,21,24). The normalized spacial score (nSPS) is 10.2. The molecule has 0 radical (unpaired) electrons. The van der Waals surface area contributed by atoms with Crippen molar-refractivity contribution in [2.24, 2.45) is 5.73 Å². The maximum Gasteiger partial charge on any atom is 0.252 e. The van der Waals surface area contributed by atoms with Crippen LogP contribution in [0, 0.1) is 24.1 Å². The molecule has 0 atom stereocenters. The molecule has 7 nitrogen and oxygen atoms in total. The highest BCUT2D eigenvalue weighted by Crippen LogP contribution is 2.23. The Hall–Kier alpha value is -3.12. The van der Waals surface area contributed by atoms with Gasteiger partial charge in [-0.25, -0.2) is 4.39 Å². The zero-order valence-corrected chi connectivity index (χ0v) is 14.6. The van der Waals surface area contributed by atoms with Crippen LogP contribution < -0.4 is 16.6 Å². The summed E-state index contributed by atoms with van der Waals surface area (Å²) in [6, 6.07) is 8.37. The number of nitrogens with zero attached hydrogens (tertiary/aromatic N) is 2. The zero-order chi connectivity index (χ0) is 19.3. The van der Waals surface area contributed by atoms with Crippen LogP contribution in [0.2, 0.25) is 0 Å². The van der Waals surface area contributed by atoms with Crippen molar-refractivity contribution in [3.05, 3.63) is 57.6 Å². The third-order valence-corrected chi connectivity index (χ3v) is 4.48. The van der Waals surface area contributed by atoms with Crippen LogP contribution in [-0.2, 0) is 16.1 Å². The summed E-state index contributed by atoms with van der Waals surface area (Å²) in [5.41, 5.74) is 5.66. The number of carbonyl (C=O) groups excluding carboxylic acids is 2. The molecule has 26 heavy (non-hydrogen) atoms. The number of halogens is 1. The first-order valence-electron chi connectivity index (χ1n) is 7.43. The zero-order valence-electron chi connectivity index (χ0n) is 13.8. The van der Waals surface area contributed by atoms with Crippen LogP contribution in [-0.4, -0.2) is 22.1 Å². The van der Waals surface area contributed by atoms with Gasteiger partial charge in [0.1, 0.15) is 18.4 Å². The quantitative estimate of drug-likeness (QED) is 0.741. The third-order valence-electron chi connectivity index (χ3n) is 3.35. The van der Waals surface area contributed by atoms with Gasteiger partial charge >= 0.3 is 0 Å². The lowest BCUT2D eigenvalue weighted by Gasteiger charge is -2.15. The summed E-state index contributed by atoms with van der Waals surface area (Å²) in [5, 5.41) is 12.1. The summed E-state index contributed by atoms with van der Waals surface area (Å²) in [7, 11) is 0. The van der Waals surface area contributed by atoms with E-state index in [9.17, 15) is 24.0 Å². The Balaban J connectivity index is 2.33. The van der Waals surface area contributed by atoms with Crippen molar-refractivity contribution in [3.8, 4) is 6.07 Å². The van der Waals surface area contributed by atoms with Crippen LogP contribution in [0.25, 0.3) is 0 Å². The summed E-state index contributed by atoms with van der Waals surface area (Å²) < 4.78 is 14.0. The Morgan fingerprint density at radius 1 is 1.35 bits per heavy atom. The lowest BCUT2D eigenvalue weighted by atomic mass is 10.2. The number of carbonyl (C=O) groups is 2. The van der Waals surface area contributed by atoms with Crippen molar-refractivity contribution >= 4 is 29.3 Å². The average Bonchev–Trinajstić information content (AvgIpc) is 2.57. The first-order valence-corrected chi connectivity index (χ1v) is 8.41. The second-order valence-electron chi connectivity index (χ2n) is 5.35. The molecule has 0 saturated heterocycles. The predicted octanol–water partition coefficient (Wildman–Crippen LogP) is 1.38. The maximum absolute atomic E-state index is 12.9. The average molecular weight is 374 g/mol. The summed E-state index contributed by atoms with van der Waals surface area (Å²) in [6.07, 6.45) is 0. The molecule has 0 unspecified atom stereocenters. The molecule has 1 heterocycles. The number of primary amides is 1. The van der Waals surface area contributed by atoms with E-state index in [0.29, 0.717) is 11.3 Å². The monoisotopic (exact) mass is 374 g/mol. The first-order chi connectivity index (χ1) is 12.3. The molecule has 2 amide bonds. The molecule has 134 valence electrons. The number of aromatic nitrogens is 1. The molecule has 0 aliphatic heterocycles. The lowest BCUT2D eigenvalue weighted by molar-refractivity contribution is -0.117. The first kappa shape index (κ1) is 19.2. The molecule has 0 aliphatic rings. The number of rotatable bonds is 6. The van der Waals surface area contributed by atoms with E-state index in [4.69, 9.17) is 5.73 Å². The van der Waals surface area contributed by atoms with Gasteiger partial charge in [0.15, 0.2) is 0 Å². The van der Waals surface area contributed by atoms with E-state index in [2.05, 4.69) is 5.32 Å². The molecule has 1 aromatic carbocycles. The van der Waals surface area contributed by atoms with Gasteiger partial charge in [-0.1, -0.05) is 11.8 Å². The number of pyridine rings is 1. The molecule has 9 heteroatoms. The van der Waals surface area contributed by atoms with E-state index < -0.39 is 23.2 Å². The summed E-state index contributed by atoms with van der Waals surface area (Å²) in [4.78, 5) is 35.6. The summed E-state index contributed by atoms with van der Waals surface area (Å²) in [6.45, 7) is 1.23. The smallest absolute Gasteiger partial charge is 0.252 e. The molecular weight excluding hydrogens is 359 g/mol. The number of benzene rings is 1. The highest BCUT2D eigenvalue weighted by Gasteiger charge is 2.17. The van der Waals surface area contributed by atoms with Gasteiger partial charge in [-0.15, -0.1) is 0 Å². The van der Waals surface area contributed by atoms with Gasteiger partial charge in [0, 0.05) is 11.8 Å². The molecular formula is C17H15FN4O3S. The number of anilines is 1. The van der Waals surface area contributed by atoms with Gasteiger partial charge in [-0.3, -0.25) is 19.0 Å². The summed E-state index contributed by atoms with van der Waals surface area (Å²) >= 11 is 0.921. The van der Waals surface area contributed by atoms with Gasteiger partial charge < -0.3 is 11.1 Å². The number of nitrogens with two attached hydrogens (primary N) is 1. The topological polar surface area (TPSA) is 118 Å². The second kappa shape index (κ2) is 8.31. The van der Waals surface area contributed by atoms with Gasteiger partial charge in [0.25, 0.3) is 5.56 Å². The van der Waals surface area contributed by atoms with Crippen molar-refractivity contribution in [2.75, 3.05) is 11.1 Å². The fourth-order valence-electron chi connectivity index (χ4n) is 2.19. The van der Waals surface area contributed by atoms with Crippen molar-refractivity contribution < 1.29 is 14.0 Å².